The standard InChI is InChI=1S/C25H17N5O4/c1-15(13-22(31)16-7-3-2-4-8-16)27-28-23-19-14-17(30(33)34)11-12-21(19)29-24(23)26-20-10-6-5-9-18(20)25(29)32/h2-14,26H,1H3. The number of aromatic nitrogens is 2. The molecule has 0 saturated heterocycles. The number of carbonyl (C=O) groups excluding carboxylic acids is 1. The predicted octanol–water partition coefficient (Wildman–Crippen LogP) is 5.71. The molecule has 0 aliphatic rings. The first kappa shape index (κ1) is 21.0. The molecule has 2 heterocycles. The molecule has 3 aromatic carbocycles. The van der Waals surface area contributed by atoms with Gasteiger partial charge in [0.25, 0.3) is 11.2 Å². The number of rotatable bonds is 5. The quantitative estimate of drug-likeness (QED) is 0.121. The number of carbonyl (C=O) groups is 1. The summed E-state index contributed by atoms with van der Waals surface area (Å²) in [5, 5.41) is 20.7. The average molecular weight is 451 g/mol. The second-order valence-corrected chi connectivity index (χ2v) is 7.68. The van der Waals surface area contributed by atoms with E-state index < -0.39 is 4.92 Å². The number of H-pyrrole nitrogens is 1. The van der Waals surface area contributed by atoms with E-state index in [9.17, 15) is 19.7 Å². The molecule has 2 aromatic heterocycles. The Morgan fingerprint density at radius 1 is 1.03 bits per heavy atom. The Morgan fingerprint density at radius 2 is 1.76 bits per heavy atom. The maximum Gasteiger partial charge on any atom is 0.270 e. The van der Waals surface area contributed by atoms with Gasteiger partial charge in [0.2, 0.25) is 0 Å². The zero-order chi connectivity index (χ0) is 23.8. The minimum atomic E-state index is -0.509. The Bertz CT molecular complexity index is 1730. The van der Waals surface area contributed by atoms with Crippen LogP contribution in [0.25, 0.3) is 27.5 Å². The Hall–Kier alpha value is -4.92. The lowest BCUT2D eigenvalue weighted by Gasteiger charge is -2.01. The molecule has 166 valence electrons. The molecule has 0 atom stereocenters. The first-order chi connectivity index (χ1) is 16.4. The molecule has 1 N–H and O–H groups in total. The van der Waals surface area contributed by atoms with Crippen LogP contribution in [0.2, 0.25) is 0 Å². The van der Waals surface area contributed by atoms with E-state index in [1.165, 1.54) is 28.7 Å². The number of nitrogens with zero attached hydrogens (tertiary/aromatic N) is 4. The minimum Gasteiger partial charge on any atom is -0.339 e. The van der Waals surface area contributed by atoms with Crippen LogP contribution in [0, 0.1) is 10.1 Å². The molecule has 34 heavy (non-hydrogen) atoms. The van der Waals surface area contributed by atoms with Gasteiger partial charge >= 0.3 is 0 Å². The van der Waals surface area contributed by atoms with Gasteiger partial charge in [-0.1, -0.05) is 42.5 Å². The first-order valence-corrected chi connectivity index (χ1v) is 10.4. The Labute approximate surface area is 191 Å². The first-order valence-electron chi connectivity index (χ1n) is 10.4. The number of fused-ring (bicyclic) bond motifs is 4. The Kier molecular flexibility index (Phi) is 5.06. The summed E-state index contributed by atoms with van der Waals surface area (Å²) in [4.78, 5) is 39.8. The molecule has 9 heteroatoms. The number of hydrogen-bond acceptors (Lipinski definition) is 6. The van der Waals surface area contributed by atoms with E-state index in [1.54, 1.807) is 55.5 Å². The van der Waals surface area contributed by atoms with Crippen molar-refractivity contribution in [2.45, 2.75) is 6.92 Å². The van der Waals surface area contributed by atoms with E-state index in [4.69, 9.17) is 0 Å². The van der Waals surface area contributed by atoms with E-state index >= 15 is 0 Å². The molecule has 0 aliphatic heterocycles. The maximum absolute atomic E-state index is 13.3. The van der Waals surface area contributed by atoms with E-state index in [0.717, 1.165) is 0 Å². The van der Waals surface area contributed by atoms with E-state index in [-0.39, 0.29) is 22.7 Å². The molecule has 0 unspecified atom stereocenters. The van der Waals surface area contributed by atoms with Gasteiger partial charge in [-0.25, -0.2) is 0 Å². The number of azo groups is 1. The van der Waals surface area contributed by atoms with Crippen LogP contribution in [0.1, 0.15) is 17.3 Å². The molecule has 9 nitrogen and oxygen atoms in total. The molecular weight excluding hydrogens is 434 g/mol. The lowest BCUT2D eigenvalue weighted by atomic mass is 10.1. The fourth-order valence-corrected chi connectivity index (χ4v) is 3.86. The number of nitro groups is 1. The van der Waals surface area contributed by atoms with Crippen LogP contribution in [0.15, 0.2) is 99.6 Å². The molecule has 0 bridgehead atoms. The van der Waals surface area contributed by atoms with Gasteiger partial charge in [0.05, 0.1) is 27.0 Å². The van der Waals surface area contributed by atoms with Crippen molar-refractivity contribution in [1.29, 1.82) is 0 Å². The number of nitrogens with one attached hydrogen (secondary N) is 1. The summed E-state index contributed by atoms with van der Waals surface area (Å²) in [6, 6.07) is 20.0. The van der Waals surface area contributed by atoms with Gasteiger partial charge < -0.3 is 4.98 Å². The van der Waals surface area contributed by atoms with Crippen molar-refractivity contribution in [3.63, 3.8) is 0 Å². The van der Waals surface area contributed by atoms with Crippen LogP contribution in [0.4, 0.5) is 11.4 Å². The molecule has 0 saturated carbocycles. The zero-order valence-corrected chi connectivity index (χ0v) is 17.9. The highest BCUT2D eigenvalue weighted by molar-refractivity contribution is 6.05. The van der Waals surface area contributed by atoms with Crippen molar-refractivity contribution in [2.75, 3.05) is 0 Å². The summed E-state index contributed by atoms with van der Waals surface area (Å²) in [6.07, 6.45) is 1.36. The Morgan fingerprint density at radius 3 is 2.53 bits per heavy atom. The van der Waals surface area contributed by atoms with Crippen molar-refractivity contribution in [3.8, 4) is 0 Å². The molecule has 5 rings (SSSR count). The fraction of sp³-hybridized carbons (Fsp3) is 0.0400. The lowest BCUT2D eigenvalue weighted by Crippen LogP contribution is -2.13. The minimum absolute atomic E-state index is 0.136. The molecule has 5 aromatic rings. The number of para-hydroxylation sites is 1. The largest absolute Gasteiger partial charge is 0.339 e. The lowest BCUT2D eigenvalue weighted by molar-refractivity contribution is -0.384. The summed E-state index contributed by atoms with van der Waals surface area (Å²) in [5.74, 6) is -0.223. The van der Waals surface area contributed by atoms with E-state index in [2.05, 4.69) is 15.2 Å². The zero-order valence-electron chi connectivity index (χ0n) is 17.9. The molecule has 0 fully saturated rings. The third-order valence-corrected chi connectivity index (χ3v) is 5.45. The summed E-state index contributed by atoms with van der Waals surface area (Å²) >= 11 is 0. The third-order valence-electron chi connectivity index (χ3n) is 5.45. The summed E-state index contributed by atoms with van der Waals surface area (Å²) < 4.78 is 1.43. The number of ketones is 1. The van der Waals surface area contributed by atoms with Crippen LogP contribution in [0.5, 0.6) is 0 Å². The average Bonchev–Trinajstić information content (AvgIpc) is 3.16. The summed E-state index contributed by atoms with van der Waals surface area (Å²) in [7, 11) is 0. The number of benzene rings is 3. The second kappa shape index (κ2) is 8.21. The SMILES string of the molecule is CC(=CC(=O)c1ccccc1)N=Nc1c2cc([N+](=O)[O-])ccc2n2c(=O)c3ccccc3[nH]c12. The highest BCUT2D eigenvalue weighted by Crippen LogP contribution is 2.35. The highest BCUT2D eigenvalue weighted by Gasteiger charge is 2.19. The number of allylic oxidation sites excluding steroid dienone is 2. The second-order valence-electron chi connectivity index (χ2n) is 7.68. The molecule has 0 aliphatic carbocycles. The molecular formula is C25H17N5O4. The van der Waals surface area contributed by atoms with Gasteiger partial charge in [-0.05, 0) is 25.1 Å². The summed E-state index contributed by atoms with van der Waals surface area (Å²) in [6.45, 7) is 1.63. The topological polar surface area (TPSA) is 122 Å². The monoisotopic (exact) mass is 451 g/mol. The van der Waals surface area contributed by atoms with Gasteiger partial charge in [-0.15, -0.1) is 5.11 Å². The van der Waals surface area contributed by atoms with E-state index in [1.807, 2.05) is 6.07 Å². The van der Waals surface area contributed by atoms with Crippen molar-refractivity contribution < 1.29 is 9.72 Å². The van der Waals surface area contributed by atoms with E-state index in [0.29, 0.717) is 38.7 Å². The van der Waals surface area contributed by atoms with Crippen LogP contribution in [0.3, 0.4) is 0 Å². The van der Waals surface area contributed by atoms with Crippen LogP contribution in [-0.4, -0.2) is 20.1 Å². The summed E-state index contributed by atoms with van der Waals surface area (Å²) in [5.41, 5.74) is 2.12. The highest BCUT2D eigenvalue weighted by atomic mass is 16.6. The van der Waals surface area contributed by atoms with Crippen molar-refractivity contribution in [3.05, 3.63) is 111 Å². The van der Waals surface area contributed by atoms with Gasteiger partial charge in [0.1, 0.15) is 11.3 Å². The van der Waals surface area contributed by atoms with Gasteiger partial charge in [-0.3, -0.25) is 24.1 Å². The maximum atomic E-state index is 13.3. The van der Waals surface area contributed by atoms with Crippen LogP contribution in [-0.2, 0) is 0 Å². The smallest absolute Gasteiger partial charge is 0.270 e. The van der Waals surface area contributed by atoms with Crippen molar-refractivity contribution >= 4 is 44.6 Å². The van der Waals surface area contributed by atoms with Gasteiger partial charge in [0.15, 0.2) is 5.78 Å². The van der Waals surface area contributed by atoms with Crippen LogP contribution < -0.4 is 5.56 Å². The normalized spacial score (nSPS) is 12.2. The van der Waals surface area contributed by atoms with Gasteiger partial charge in [-0.2, -0.15) is 5.11 Å². The van der Waals surface area contributed by atoms with Crippen molar-refractivity contribution in [1.82, 2.24) is 9.38 Å². The molecule has 0 spiro atoms. The van der Waals surface area contributed by atoms with Gasteiger partial charge in [0, 0.05) is 29.2 Å². The van der Waals surface area contributed by atoms with Crippen molar-refractivity contribution in [2.24, 2.45) is 10.2 Å². The molecule has 0 amide bonds. The number of non-ortho nitro benzene ring substituents is 1. The van der Waals surface area contributed by atoms with Crippen LogP contribution >= 0.6 is 0 Å². The molecule has 0 radical (unpaired) electrons. The predicted molar refractivity (Wildman–Crippen MR) is 129 cm³/mol. The third kappa shape index (κ3) is 3.55. The number of aromatic amines is 1. The number of nitro benzene ring substituents is 1. The Balaban J connectivity index is 1.71. The number of hydrogen-bond donors (Lipinski definition) is 1. The fourth-order valence-electron chi connectivity index (χ4n) is 3.86.